The predicted molar refractivity (Wildman–Crippen MR) is 253 cm³/mol. The zero-order valence-electron chi connectivity index (χ0n) is 38.6. The Bertz CT molecular complexity index is 2250. The largest absolute Gasteiger partial charge is 0.480 e. The van der Waals surface area contributed by atoms with Crippen molar-refractivity contribution in [3.8, 4) is 0 Å². The van der Waals surface area contributed by atoms with E-state index in [2.05, 4.69) is 49.1 Å². The van der Waals surface area contributed by atoms with E-state index in [-0.39, 0.29) is 76.5 Å². The van der Waals surface area contributed by atoms with E-state index in [1.807, 2.05) is 24.3 Å². The molecular formula is C48H67N11O9. The molecule has 0 spiro atoms. The summed E-state index contributed by atoms with van der Waals surface area (Å²) in [6.07, 6.45) is 4.91. The number of carbonyl (C=O) groups is 7. The summed E-state index contributed by atoms with van der Waals surface area (Å²) < 4.78 is 0. The number of fused-ring (bicyclic) bond motifs is 2. The standard InChI is InChI=1S/C48H67N11O9/c1-28-15-17-30(18-16-28)22-38-44(65)57-39(23-31-25-53-34-12-6-5-11-33(31)34)45(66)55-35(13-7-20-52-48(49)50)42(63)51-19-8-14-36(47(68)59-27-32(60)24-40(59)46(67)58-38)56-43(64)37(54-26-41(61)62)21-29-9-3-2-4-10-29/h2-6,9-12,25,28,30,32,35-40,53-54,60H,7-8,13-24,26-27H2,1H3,(H,51,63)(H,55,66)(H,56,64)(H,57,65)(H,58,67)(H,61,62)(H4,49,50,52)/t28-,30+,32-,35+,36+,37+,38-,39+,40+/m1/s1. The fourth-order valence-electron chi connectivity index (χ4n) is 9.46. The van der Waals surface area contributed by atoms with Gasteiger partial charge >= 0.3 is 5.97 Å². The lowest BCUT2D eigenvalue weighted by atomic mass is 9.80. The maximum atomic E-state index is 14.7. The van der Waals surface area contributed by atoms with Crippen molar-refractivity contribution in [2.45, 2.75) is 126 Å². The molecule has 0 bridgehead atoms. The number of nitrogens with one attached hydrogen (secondary N) is 9. The fourth-order valence-corrected chi connectivity index (χ4v) is 9.46. The third kappa shape index (κ3) is 14.5. The topological polar surface area (TPSA) is 313 Å². The van der Waals surface area contributed by atoms with Crippen LogP contribution in [0.3, 0.4) is 0 Å². The van der Waals surface area contributed by atoms with Crippen molar-refractivity contribution in [1.82, 2.24) is 47.1 Å². The molecule has 2 saturated heterocycles. The van der Waals surface area contributed by atoms with E-state index >= 15 is 0 Å². The number of aliphatic carboxylic acids is 1. The van der Waals surface area contributed by atoms with Gasteiger partial charge in [0, 0.05) is 49.6 Å². The second-order valence-electron chi connectivity index (χ2n) is 18.5. The van der Waals surface area contributed by atoms with Crippen LogP contribution >= 0.6 is 0 Å². The lowest BCUT2D eigenvalue weighted by Crippen LogP contribution is -2.60. The molecule has 1 saturated carbocycles. The Labute approximate surface area is 395 Å². The first-order valence-corrected chi connectivity index (χ1v) is 23.7. The third-order valence-electron chi connectivity index (χ3n) is 13.2. The van der Waals surface area contributed by atoms with Crippen molar-refractivity contribution >= 4 is 58.3 Å². The van der Waals surface area contributed by atoms with Crippen molar-refractivity contribution in [3.05, 3.63) is 71.9 Å². The number of para-hydroxylation sites is 1. The summed E-state index contributed by atoms with van der Waals surface area (Å²) >= 11 is 0. The summed E-state index contributed by atoms with van der Waals surface area (Å²) in [5.74, 6) is -4.75. The van der Waals surface area contributed by atoms with Crippen LogP contribution in [-0.2, 0) is 46.4 Å². The van der Waals surface area contributed by atoms with Gasteiger partial charge in [-0.1, -0.05) is 81.1 Å². The lowest BCUT2D eigenvalue weighted by Gasteiger charge is -2.33. The number of aromatic nitrogens is 1. The predicted octanol–water partition coefficient (Wildman–Crippen LogP) is 0.287. The van der Waals surface area contributed by atoms with Crippen LogP contribution in [0.2, 0.25) is 0 Å². The number of nitrogens with zero attached hydrogens (tertiary/aromatic N) is 1. The van der Waals surface area contributed by atoms with Gasteiger partial charge in [0.2, 0.25) is 35.4 Å². The Morgan fingerprint density at radius 2 is 1.57 bits per heavy atom. The summed E-state index contributed by atoms with van der Waals surface area (Å²) in [6.45, 7) is 1.61. The fraction of sp³-hybridized carbons (Fsp3) is 0.542. The summed E-state index contributed by atoms with van der Waals surface area (Å²) in [4.78, 5) is 102. The highest BCUT2D eigenvalue weighted by molar-refractivity contribution is 5.97. The maximum Gasteiger partial charge on any atom is 0.317 e. The monoisotopic (exact) mass is 942 g/mol. The average molecular weight is 942 g/mol. The molecule has 20 nitrogen and oxygen atoms in total. The number of rotatable bonds is 15. The maximum absolute atomic E-state index is 14.7. The SMILES string of the molecule is C[C@H]1CC[C@@H](C[C@H]2NC(=O)[C@@H]3C[C@@H](O)CN3C(=O)[C@@H](NC(=O)[C@H](Cc3ccccc3)NCC(=O)O)CCCNC(=O)[C@H](CCCNC(=N)N)NC(=O)[C@H](Cc3c[nH]c4ccccc34)NC2=O)CC1. The molecule has 3 fully saturated rings. The Kier molecular flexibility index (Phi) is 18.3. The molecule has 0 radical (unpaired) electrons. The molecule has 6 amide bonds. The van der Waals surface area contributed by atoms with Crippen LogP contribution in [0.4, 0.5) is 0 Å². The van der Waals surface area contributed by atoms with Crippen LogP contribution in [0.15, 0.2) is 60.8 Å². The van der Waals surface area contributed by atoms with Crippen LogP contribution in [0, 0.1) is 17.2 Å². The number of guanidine groups is 1. The van der Waals surface area contributed by atoms with Crippen LogP contribution in [0.25, 0.3) is 10.9 Å². The molecule has 3 aliphatic rings. The van der Waals surface area contributed by atoms with Gasteiger partial charge in [-0.2, -0.15) is 0 Å². The molecule has 368 valence electrons. The van der Waals surface area contributed by atoms with Gasteiger partial charge in [-0.3, -0.25) is 44.3 Å². The van der Waals surface area contributed by atoms with E-state index in [9.17, 15) is 43.8 Å². The Balaban J connectivity index is 1.33. The summed E-state index contributed by atoms with van der Waals surface area (Å²) in [6, 6.07) is 9.37. The van der Waals surface area contributed by atoms with Crippen LogP contribution in [0.5, 0.6) is 0 Å². The van der Waals surface area contributed by atoms with Crippen LogP contribution in [0.1, 0.15) is 82.3 Å². The third-order valence-corrected chi connectivity index (χ3v) is 13.2. The number of aliphatic hydroxyl groups is 1. The Morgan fingerprint density at radius 1 is 0.882 bits per heavy atom. The molecule has 0 unspecified atom stereocenters. The molecular weight excluding hydrogens is 875 g/mol. The molecule has 20 heteroatoms. The zero-order valence-corrected chi connectivity index (χ0v) is 38.6. The lowest BCUT2D eigenvalue weighted by molar-refractivity contribution is -0.143. The van der Waals surface area contributed by atoms with E-state index in [4.69, 9.17) is 11.1 Å². The first-order chi connectivity index (χ1) is 32.6. The quantitative estimate of drug-likeness (QED) is 0.0556. The molecule has 1 aliphatic carbocycles. The number of amides is 6. The van der Waals surface area contributed by atoms with Gasteiger partial charge in [-0.05, 0) is 67.6 Å². The van der Waals surface area contributed by atoms with Gasteiger partial charge in [-0.15, -0.1) is 0 Å². The molecule has 68 heavy (non-hydrogen) atoms. The van der Waals surface area contributed by atoms with Gasteiger partial charge in [-0.25, -0.2) is 0 Å². The van der Waals surface area contributed by atoms with Gasteiger partial charge in [0.15, 0.2) is 5.96 Å². The van der Waals surface area contributed by atoms with Crippen molar-refractivity contribution < 1.29 is 43.8 Å². The number of carboxylic acids is 1. The highest BCUT2D eigenvalue weighted by Crippen LogP contribution is 2.32. The van der Waals surface area contributed by atoms with Crippen LogP contribution < -0.4 is 43.0 Å². The number of carbonyl (C=O) groups excluding carboxylic acids is 6. The summed E-state index contributed by atoms with van der Waals surface area (Å²) in [7, 11) is 0. The van der Waals surface area contributed by atoms with E-state index in [0.717, 1.165) is 47.7 Å². The number of hydrogen-bond donors (Lipinski definition) is 12. The molecule has 13 N–H and O–H groups in total. The second-order valence-corrected chi connectivity index (χ2v) is 18.5. The highest BCUT2D eigenvalue weighted by atomic mass is 16.4. The average Bonchev–Trinajstić information content (AvgIpc) is 3.92. The molecule has 7 atom stereocenters. The van der Waals surface area contributed by atoms with E-state index in [0.29, 0.717) is 12.3 Å². The first kappa shape index (κ1) is 50.9. The number of carboxylic acid groups (broad SMARTS) is 1. The molecule has 1 aromatic heterocycles. The number of hydrogen-bond acceptors (Lipinski definition) is 10. The van der Waals surface area contributed by atoms with Gasteiger partial charge in [0.1, 0.15) is 30.2 Å². The minimum atomic E-state index is -1.29. The minimum Gasteiger partial charge on any atom is -0.480 e. The number of aromatic amines is 1. The van der Waals surface area contributed by atoms with E-state index < -0.39 is 90.3 Å². The van der Waals surface area contributed by atoms with E-state index in [1.165, 1.54) is 4.90 Å². The molecule has 3 aromatic rings. The number of nitrogens with two attached hydrogens (primary N) is 1. The molecule has 6 rings (SSSR count). The summed E-state index contributed by atoms with van der Waals surface area (Å²) in [5.41, 5.74) is 7.78. The van der Waals surface area contributed by atoms with Gasteiger partial charge in [0.25, 0.3) is 0 Å². The molecule has 3 heterocycles. The Morgan fingerprint density at radius 3 is 2.31 bits per heavy atom. The van der Waals surface area contributed by atoms with Crippen LogP contribution in [-0.4, -0.2) is 136 Å². The van der Waals surface area contributed by atoms with Crippen molar-refractivity contribution in [3.63, 3.8) is 0 Å². The number of benzene rings is 2. The minimum absolute atomic E-state index is 0.00900. The molecule has 2 aromatic carbocycles. The van der Waals surface area contributed by atoms with Gasteiger partial charge < -0.3 is 57.7 Å². The highest BCUT2D eigenvalue weighted by Gasteiger charge is 2.43. The number of H-pyrrole nitrogens is 1. The summed E-state index contributed by atoms with van der Waals surface area (Å²) in [5, 5.41) is 48.6. The second kappa shape index (κ2) is 24.5. The Hall–Kier alpha value is -6.54. The normalized spacial score (nSPS) is 26.0. The van der Waals surface area contributed by atoms with Crippen molar-refractivity contribution in [2.75, 3.05) is 26.2 Å². The molecule has 2 aliphatic heterocycles. The van der Waals surface area contributed by atoms with Crippen molar-refractivity contribution in [1.29, 1.82) is 5.41 Å². The van der Waals surface area contributed by atoms with Crippen molar-refractivity contribution in [2.24, 2.45) is 17.6 Å². The van der Waals surface area contributed by atoms with E-state index in [1.54, 1.807) is 36.5 Å². The smallest absolute Gasteiger partial charge is 0.317 e. The van der Waals surface area contributed by atoms with Gasteiger partial charge in [0.05, 0.1) is 18.7 Å². The number of aliphatic hydroxyl groups excluding tert-OH is 1. The zero-order chi connectivity index (χ0) is 48.7. The first-order valence-electron chi connectivity index (χ1n) is 23.7.